The molecule has 2 aromatic heterocycles. The normalized spacial score (nSPS) is 16.0. The fourth-order valence-corrected chi connectivity index (χ4v) is 5.54. The van der Waals surface area contributed by atoms with E-state index in [-0.39, 0.29) is 37.8 Å². The molecule has 2 N–H and O–H groups in total. The predicted octanol–water partition coefficient (Wildman–Crippen LogP) is 3.98. The Morgan fingerprint density at radius 2 is 1.77 bits per heavy atom. The molecule has 1 aliphatic heterocycles. The van der Waals surface area contributed by atoms with Gasteiger partial charge >= 0.3 is 0 Å². The Kier molecular flexibility index (Phi) is 10.1. The Hall–Kier alpha value is -5.91. The molecule has 0 unspecified atom stereocenters. The van der Waals surface area contributed by atoms with Gasteiger partial charge in [-0.15, -0.1) is 0 Å². The summed E-state index contributed by atoms with van der Waals surface area (Å²) in [5, 5.41) is 9.90. The number of benzene rings is 3. The highest BCUT2D eigenvalue weighted by molar-refractivity contribution is 5.96. The smallest absolute Gasteiger partial charge is 0.292 e. The highest BCUT2D eigenvalue weighted by Gasteiger charge is 2.27. The Labute approximate surface area is 277 Å². The van der Waals surface area contributed by atoms with E-state index >= 15 is 0 Å². The van der Waals surface area contributed by atoms with Crippen molar-refractivity contribution in [1.29, 1.82) is 0 Å². The number of aromatic nitrogens is 3. The summed E-state index contributed by atoms with van der Waals surface area (Å²) in [4.78, 5) is 46.7. The molecule has 12 heteroatoms. The van der Waals surface area contributed by atoms with Crippen LogP contribution < -0.4 is 20.1 Å². The lowest BCUT2D eigenvalue weighted by Crippen LogP contribution is -2.51. The van der Waals surface area contributed by atoms with Gasteiger partial charge in [-0.3, -0.25) is 14.4 Å². The number of nitrogens with one attached hydrogen (secondary N) is 2. The summed E-state index contributed by atoms with van der Waals surface area (Å²) >= 11 is 0. The number of carbonyl (C=O) groups is 3. The molecule has 3 aromatic carbocycles. The fourth-order valence-electron chi connectivity index (χ4n) is 5.54. The minimum absolute atomic E-state index is 0.00633. The molecule has 1 aliphatic rings. The van der Waals surface area contributed by atoms with Crippen molar-refractivity contribution in [3.63, 3.8) is 0 Å². The second-order valence-electron chi connectivity index (χ2n) is 11.3. The van der Waals surface area contributed by atoms with E-state index in [1.807, 2.05) is 89.6 Å². The van der Waals surface area contributed by atoms with Gasteiger partial charge in [-0.05, 0) is 30.2 Å². The summed E-state index contributed by atoms with van der Waals surface area (Å²) in [5.41, 5.74) is 2.99. The van der Waals surface area contributed by atoms with Crippen molar-refractivity contribution in [2.75, 3.05) is 33.4 Å². The van der Waals surface area contributed by atoms with E-state index in [4.69, 9.17) is 14.0 Å². The molecule has 0 fully saturated rings. The number of nitrogens with zero attached hydrogens (tertiary/aromatic N) is 4. The van der Waals surface area contributed by atoms with Crippen LogP contribution in [0.15, 0.2) is 102 Å². The summed E-state index contributed by atoms with van der Waals surface area (Å²) in [5.74, 6) is 0.418. The standard InChI is InChI=1S/C36H36N6O6/c1-46-30-14-13-27-22-31(30)47-20-8-17-42(36(45)32-23-28(40-48-32)26-11-6-3-7-12-26)24-33(43)39-29(21-25-9-4-2-5-10-25)35(44)38-16-19-41-18-15-37-34(27)41/h2-7,9-15,18,22-23,29H,8,16-17,19-21,24H2,1H3,(H,38,44)(H,39,43)/t29-/m0/s1. The van der Waals surface area contributed by atoms with Gasteiger partial charge in [0.05, 0.1) is 20.3 Å². The molecule has 0 spiro atoms. The van der Waals surface area contributed by atoms with Crippen LogP contribution in [-0.4, -0.2) is 76.7 Å². The maximum absolute atomic E-state index is 13.7. The van der Waals surface area contributed by atoms with Crippen molar-refractivity contribution in [3.05, 3.63) is 109 Å². The van der Waals surface area contributed by atoms with Crippen molar-refractivity contribution < 1.29 is 28.4 Å². The van der Waals surface area contributed by atoms with Crippen molar-refractivity contribution in [3.8, 4) is 34.1 Å². The average Bonchev–Trinajstić information content (AvgIpc) is 3.80. The van der Waals surface area contributed by atoms with Crippen LogP contribution in [0.4, 0.5) is 0 Å². The zero-order valence-electron chi connectivity index (χ0n) is 26.5. The maximum Gasteiger partial charge on any atom is 0.292 e. The summed E-state index contributed by atoms with van der Waals surface area (Å²) in [6.45, 7) is 0.818. The van der Waals surface area contributed by atoms with Gasteiger partial charge in [0.2, 0.25) is 17.6 Å². The number of hydrogen-bond donors (Lipinski definition) is 2. The molecule has 0 saturated heterocycles. The van der Waals surface area contributed by atoms with Gasteiger partial charge in [0.15, 0.2) is 11.5 Å². The quantitative estimate of drug-likeness (QED) is 0.292. The van der Waals surface area contributed by atoms with Gasteiger partial charge in [0, 0.05) is 55.6 Å². The second kappa shape index (κ2) is 15.1. The largest absolute Gasteiger partial charge is 0.493 e. The first-order valence-corrected chi connectivity index (χ1v) is 15.7. The molecule has 12 nitrogen and oxygen atoms in total. The first-order valence-electron chi connectivity index (χ1n) is 15.7. The Balaban J connectivity index is 1.28. The van der Waals surface area contributed by atoms with E-state index < -0.39 is 17.9 Å². The summed E-state index contributed by atoms with van der Waals surface area (Å²) in [7, 11) is 1.56. The molecule has 0 saturated carbocycles. The Bertz CT molecular complexity index is 1860. The Morgan fingerprint density at radius 1 is 0.979 bits per heavy atom. The SMILES string of the molecule is COc1ccc2cc1OCCCN(C(=O)c1cc(-c3ccccc3)no1)CC(=O)N[C@@H](Cc1ccccc1)C(=O)NCCn1ccnc1-2. The molecular weight excluding hydrogens is 612 g/mol. The third kappa shape index (κ3) is 7.72. The number of imidazole rings is 1. The van der Waals surface area contributed by atoms with Crippen molar-refractivity contribution in [2.45, 2.75) is 25.4 Å². The van der Waals surface area contributed by atoms with Crippen molar-refractivity contribution in [2.24, 2.45) is 0 Å². The van der Waals surface area contributed by atoms with Crippen molar-refractivity contribution >= 4 is 17.7 Å². The van der Waals surface area contributed by atoms with Crippen LogP contribution in [0, 0.1) is 0 Å². The molecule has 3 heterocycles. The Morgan fingerprint density at radius 3 is 2.56 bits per heavy atom. The van der Waals surface area contributed by atoms with Gasteiger partial charge in [-0.1, -0.05) is 65.8 Å². The molecular formula is C36H36N6O6. The number of rotatable bonds is 5. The van der Waals surface area contributed by atoms with Crippen LogP contribution in [0.2, 0.25) is 0 Å². The lowest BCUT2D eigenvalue weighted by molar-refractivity contribution is -0.129. The molecule has 3 amide bonds. The topological polar surface area (TPSA) is 141 Å². The predicted molar refractivity (Wildman–Crippen MR) is 177 cm³/mol. The molecule has 1 atom stereocenters. The number of ether oxygens (including phenoxy) is 2. The van der Waals surface area contributed by atoms with E-state index in [1.54, 1.807) is 19.4 Å². The minimum Gasteiger partial charge on any atom is -0.493 e. The first-order chi connectivity index (χ1) is 23.5. The van der Waals surface area contributed by atoms with E-state index in [0.29, 0.717) is 42.5 Å². The van der Waals surface area contributed by atoms with Crippen LogP contribution in [0.5, 0.6) is 11.5 Å². The van der Waals surface area contributed by atoms with Gasteiger partial charge in [0.25, 0.3) is 5.91 Å². The molecule has 5 aromatic rings. The highest BCUT2D eigenvalue weighted by atomic mass is 16.5. The molecule has 0 radical (unpaired) electrons. The van der Waals surface area contributed by atoms with Gasteiger partial charge in [-0.25, -0.2) is 4.98 Å². The first kappa shape index (κ1) is 32.0. The molecule has 6 rings (SSSR count). The summed E-state index contributed by atoms with van der Waals surface area (Å²) in [6.07, 6.45) is 4.20. The van der Waals surface area contributed by atoms with E-state index in [9.17, 15) is 14.4 Å². The van der Waals surface area contributed by atoms with Gasteiger partial charge < -0.3 is 34.1 Å². The third-order valence-electron chi connectivity index (χ3n) is 7.97. The third-order valence-corrected chi connectivity index (χ3v) is 7.97. The lowest BCUT2D eigenvalue weighted by Gasteiger charge is -2.24. The van der Waals surface area contributed by atoms with E-state index in [1.165, 1.54) is 4.90 Å². The minimum atomic E-state index is -0.875. The molecule has 2 bridgehead atoms. The molecule has 48 heavy (non-hydrogen) atoms. The number of fused-ring (bicyclic) bond motifs is 4. The number of carbonyl (C=O) groups excluding carboxylic acids is 3. The van der Waals surface area contributed by atoms with Crippen LogP contribution in [-0.2, 0) is 22.6 Å². The molecule has 0 aliphatic carbocycles. The highest BCUT2D eigenvalue weighted by Crippen LogP contribution is 2.32. The number of amides is 3. The van der Waals surface area contributed by atoms with Crippen LogP contribution in [0.1, 0.15) is 22.5 Å². The van der Waals surface area contributed by atoms with E-state index in [0.717, 1.165) is 16.7 Å². The van der Waals surface area contributed by atoms with Gasteiger partial charge in [0.1, 0.15) is 17.6 Å². The monoisotopic (exact) mass is 648 g/mol. The second-order valence-corrected chi connectivity index (χ2v) is 11.3. The molecule has 246 valence electrons. The van der Waals surface area contributed by atoms with Gasteiger partial charge in [-0.2, -0.15) is 0 Å². The van der Waals surface area contributed by atoms with Crippen LogP contribution in [0.25, 0.3) is 22.6 Å². The maximum atomic E-state index is 13.7. The number of methoxy groups -OCH3 is 1. The zero-order valence-corrected chi connectivity index (χ0v) is 26.5. The summed E-state index contributed by atoms with van der Waals surface area (Å²) in [6, 6.07) is 25.0. The zero-order chi connectivity index (χ0) is 33.3. The van der Waals surface area contributed by atoms with Crippen molar-refractivity contribution in [1.82, 2.24) is 30.2 Å². The average molecular weight is 649 g/mol. The fraction of sp³-hybridized carbons (Fsp3) is 0.250. The lowest BCUT2D eigenvalue weighted by atomic mass is 10.1. The number of hydrogen-bond acceptors (Lipinski definition) is 8. The van der Waals surface area contributed by atoms with Crippen LogP contribution in [0.3, 0.4) is 0 Å². The summed E-state index contributed by atoms with van der Waals surface area (Å²) < 4.78 is 19.0. The van der Waals surface area contributed by atoms with E-state index in [2.05, 4.69) is 20.8 Å². The van der Waals surface area contributed by atoms with Crippen LogP contribution >= 0.6 is 0 Å².